The standard InChI is InChI=1S/C28H18O6/c29-25(19-9-3-1-4-10-19)21-13-7-15-23(17-21)27(31)33-34-28(32)24-16-8-14-22(18-24)26(30)20-11-5-2-6-12-20/h1-18H. The van der Waals surface area contributed by atoms with Crippen LogP contribution in [0.4, 0.5) is 0 Å². The maximum atomic E-state index is 12.6. The van der Waals surface area contributed by atoms with E-state index in [0.717, 1.165) is 0 Å². The van der Waals surface area contributed by atoms with E-state index in [9.17, 15) is 19.2 Å². The Morgan fingerprint density at radius 1 is 0.382 bits per heavy atom. The summed E-state index contributed by atoms with van der Waals surface area (Å²) in [6, 6.07) is 29.1. The lowest BCUT2D eigenvalue weighted by Gasteiger charge is -2.06. The summed E-state index contributed by atoms with van der Waals surface area (Å²) in [4.78, 5) is 59.3. The van der Waals surface area contributed by atoms with Crippen LogP contribution in [0.5, 0.6) is 0 Å². The number of hydrogen-bond acceptors (Lipinski definition) is 6. The molecule has 0 unspecified atom stereocenters. The third-order valence-electron chi connectivity index (χ3n) is 4.99. The lowest BCUT2D eigenvalue weighted by Crippen LogP contribution is -2.13. The topological polar surface area (TPSA) is 86.7 Å². The highest BCUT2D eigenvalue weighted by molar-refractivity contribution is 6.10. The second-order valence-electron chi connectivity index (χ2n) is 7.29. The molecule has 4 aromatic rings. The molecule has 0 heterocycles. The van der Waals surface area contributed by atoms with Crippen molar-refractivity contribution in [3.05, 3.63) is 143 Å². The van der Waals surface area contributed by atoms with Gasteiger partial charge in [-0.3, -0.25) is 9.59 Å². The van der Waals surface area contributed by atoms with Gasteiger partial charge in [-0.1, -0.05) is 84.9 Å². The van der Waals surface area contributed by atoms with Gasteiger partial charge in [0.1, 0.15) is 0 Å². The zero-order valence-electron chi connectivity index (χ0n) is 17.8. The van der Waals surface area contributed by atoms with E-state index in [4.69, 9.17) is 0 Å². The molecule has 166 valence electrons. The van der Waals surface area contributed by atoms with Crippen LogP contribution >= 0.6 is 0 Å². The number of hydrogen-bond donors (Lipinski definition) is 0. The summed E-state index contributed by atoms with van der Waals surface area (Å²) in [5.41, 5.74) is 1.62. The molecule has 0 aliphatic rings. The van der Waals surface area contributed by atoms with Crippen LogP contribution in [0.1, 0.15) is 52.6 Å². The Kier molecular flexibility index (Phi) is 6.70. The van der Waals surface area contributed by atoms with E-state index in [1.807, 2.05) is 0 Å². The third kappa shape index (κ3) is 5.14. The predicted octanol–water partition coefficient (Wildman–Crippen LogP) is 5.08. The zero-order chi connectivity index (χ0) is 23.9. The van der Waals surface area contributed by atoms with Gasteiger partial charge in [-0.2, -0.15) is 0 Å². The normalized spacial score (nSPS) is 10.2. The molecule has 0 aromatic heterocycles. The van der Waals surface area contributed by atoms with Crippen LogP contribution < -0.4 is 0 Å². The molecule has 4 aromatic carbocycles. The van der Waals surface area contributed by atoms with Gasteiger partial charge >= 0.3 is 11.9 Å². The van der Waals surface area contributed by atoms with Crippen LogP contribution in [0.2, 0.25) is 0 Å². The number of benzene rings is 4. The Morgan fingerprint density at radius 2 is 0.706 bits per heavy atom. The van der Waals surface area contributed by atoms with Crippen molar-refractivity contribution in [1.29, 1.82) is 0 Å². The third-order valence-corrected chi connectivity index (χ3v) is 4.99. The van der Waals surface area contributed by atoms with Gasteiger partial charge in [0.2, 0.25) is 0 Å². The van der Waals surface area contributed by atoms with E-state index in [-0.39, 0.29) is 22.7 Å². The molecule has 0 saturated heterocycles. The fourth-order valence-corrected chi connectivity index (χ4v) is 3.26. The average Bonchev–Trinajstić information content (AvgIpc) is 2.91. The molecule has 0 radical (unpaired) electrons. The minimum Gasteiger partial charge on any atom is -0.289 e. The molecular weight excluding hydrogens is 432 g/mol. The SMILES string of the molecule is O=C(OOC(=O)c1cccc(C(=O)c2ccccc2)c1)c1cccc(C(=O)c2ccccc2)c1. The van der Waals surface area contributed by atoms with E-state index in [1.165, 1.54) is 36.4 Å². The smallest absolute Gasteiger partial charge is 0.289 e. The van der Waals surface area contributed by atoms with E-state index in [0.29, 0.717) is 22.3 Å². The van der Waals surface area contributed by atoms with E-state index < -0.39 is 11.9 Å². The van der Waals surface area contributed by atoms with Crippen molar-refractivity contribution in [2.24, 2.45) is 0 Å². The minimum atomic E-state index is -0.937. The van der Waals surface area contributed by atoms with E-state index in [1.54, 1.807) is 72.8 Å². The Bertz CT molecular complexity index is 1250. The molecule has 0 bridgehead atoms. The summed E-state index contributed by atoms with van der Waals surface area (Å²) < 4.78 is 0. The minimum absolute atomic E-state index is 0.0441. The van der Waals surface area contributed by atoms with Gasteiger partial charge in [-0.05, 0) is 24.3 Å². The molecule has 34 heavy (non-hydrogen) atoms. The van der Waals surface area contributed by atoms with Gasteiger partial charge in [-0.15, -0.1) is 0 Å². The predicted molar refractivity (Wildman–Crippen MR) is 123 cm³/mol. The molecule has 6 nitrogen and oxygen atoms in total. The molecule has 0 saturated carbocycles. The highest BCUT2D eigenvalue weighted by atomic mass is 17.2. The molecule has 0 spiro atoms. The van der Waals surface area contributed by atoms with Gasteiger partial charge in [0, 0.05) is 22.3 Å². The molecule has 0 amide bonds. The Labute approximate surface area is 195 Å². The van der Waals surface area contributed by atoms with Crippen LogP contribution in [0.25, 0.3) is 0 Å². The molecule has 0 atom stereocenters. The van der Waals surface area contributed by atoms with Crippen molar-refractivity contribution in [1.82, 2.24) is 0 Å². The highest BCUT2D eigenvalue weighted by Gasteiger charge is 2.18. The van der Waals surface area contributed by atoms with E-state index >= 15 is 0 Å². The van der Waals surface area contributed by atoms with Gasteiger partial charge in [0.05, 0.1) is 11.1 Å². The maximum Gasteiger partial charge on any atom is 0.386 e. The first-order valence-electron chi connectivity index (χ1n) is 10.4. The summed E-state index contributed by atoms with van der Waals surface area (Å²) in [7, 11) is 0. The summed E-state index contributed by atoms with van der Waals surface area (Å²) in [5, 5.41) is 0. The molecular formula is C28H18O6. The quantitative estimate of drug-likeness (QED) is 0.231. The van der Waals surface area contributed by atoms with Crippen LogP contribution in [-0.2, 0) is 9.78 Å². The largest absolute Gasteiger partial charge is 0.386 e. The Hall–Kier alpha value is -4.84. The molecule has 4 rings (SSSR count). The van der Waals surface area contributed by atoms with Gasteiger partial charge in [0.25, 0.3) is 0 Å². The summed E-state index contributed by atoms with van der Waals surface area (Å²) in [6.45, 7) is 0. The van der Waals surface area contributed by atoms with Crippen LogP contribution in [0, 0.1) is 0 Å². The molecule has 0 aliphatic carbocycles. The van der Waals surface area contributed by atoms with Crippen molar-refractivity contribution in [2.45, 2.75) is 0 Å². The fourth-order valence-electron chi connectivity index (χ4n) is 3.26. The van der Waals surface area contributed by atoms with Gasteiger partial charge < -0.3 is 0 Å². The van der Waals surface area contributed by atoms with Crippen LogP contribution in [0.3, 0.4) is 0 Å². The molecule has 0 aliphatic heterocycles. The summed E-state index contributed by atoms with van der Waals surface area (Å²) in [6.07, 6.45) is 0. The van der Waals surface area contributed by atoms with Crippen LogP contribution in [0.15, 0.2) is 109 Å². The number of ketones is 2. The van der Waals surface area contributed by atoms with Gasteiger partial charge in [-0.25, -0.2) is 19.4 Å². The van der Waals surface area contributed by atoms with Crippen molar-refractivity contribution < 1.29 is 29.0 Å². The zero-order valence-corrected chi connectivity index (χ0v) is 17.8. The summed E-state index contributed by atoms with van der Waals surface area (Å²) >= 11 is 0. The highest BCUT2D eigenvalue weighted by Crippen LogP contribution is 2.15. The monoisotopic (exact) mass is 450 g/mol. The van der Waals surface area contributed by atoms with Gasteiger partial charge in [0.15, 0.2) is 11.6 Å². The second-order valence-corrected chi connectivity index (χ2v) is 7.29. The Balaban J connectivity index is 1.42. The van der Waals surface area contributed by atoms with E-state index in [2.05, 4.69) is 9.78 Å². The molecule has 0 fully saturated rings. The second kappa shape index (κ2) is 10.2. The van der Waals surface area contributed by atoms with Crippen molar-refractivity contribution >= 4 is 23.5 Å². The average molecular weight is 450 g/mol. The number of carbonyl (C=O) groups is 4. The van der Waals surface area contributed by atoms with Crippen molar-refractivity contribution in [3.8, 4) is 0 Å². The number of rotatable bonds is 6. The first-order chi connectivity index (χ1) is 16.5. The maximum absolute atomic E-state index is 12.6. The Morgan fingerprint density at radius 3 is 1.09 bits per heavy atom. The van der Waals surface area contributed by atoms with Crippen LogP contribution in [-0.4, -0.2) is 23.5 Å². The molecule has 6 heteroatoms. The number of carbonyl (C=O) groups excluding carboxylic acids is 4. The lowest BCUT2D eigenvalue weighted by atomic mass is 10.0. The lowest BCUT2D eigenvalue weighted by molar-refractivity contribution is -0.187. The van der Waals surface area contributed by atoms with Crippen molar-refractivity contribution in [3.63, 3.8) is 0 Å². The first-order valence-corrected chi connectivity index (χ1v) is 10.4. The van der Waals surface area contributed by atoms with Crippen molar-refractivity contribution in [2.75, 3.05) is 0 Å². The molecule has 0 N–H and O–H groups in total. The summed E-state index contributed by atoms with van der Waals surface area (Å²) in [5.74, 6) is -2.39. The fraction of sp³-hybridized carbons (Fsp3) is 0. The first kappa shape index (κ1) is 22.4.